The zero-order chi connectivity index (χ0) is 19.2. The van der Waals surface area contributed by atoms with Crippen molar-refractivity contribution in [2.45, 2.75) is 13.5 Å². The van der Waals surface area contributed by atoms with E-state index in [1.807, 2.05) is 67.6 Å². The third kappa shape index (κ3) is 5.34. The maximum absolute atomic E-state index is 6.14. The minimum Gasteiger partial charge on any atom is -0.493 e. The van der Waals surface area contributed by atoms with Gasteiger partial charge in [0.05, 0.1) is 12.8 Å². The molecule has 0 radical (unpaired) electrons. The summed E-state index contributed by atoms with van der Waals surface area (Å²) >= 11 is 9.58. The Morgan fingerprint density at radius 3 is 2.48 bits per heavy atom. The van der Waals surface area contributed by atoms with Gasteiger partial charge >= 0.3 is 0 Å². The van der Waals surface area contributed by atoms with E-state index < -0.39 is 0 Å². The average Bonchev–Trinajstić information content (AvgIpc) is 2.68. The van der Waals surface area contributed by atoms with Crippen LogP contribution in [0.4, 0.5) is 5.69 Å². The van der Waals surface area contributed by atoms with Gasteiger partial charge in [-0.15, -0.1) is 0 Å². The molecule has 27 heavy (non-hydrogen) atoms. The summed E-state index contributed by atoms with van der Waals surface area (Å²) in [7, 11) is 1.63. The molecule has 0 spiro atoms. The number of aliphatic imine (C=N–C) groups is 1. The normalized spacial score (nSPS) is 11.0. The summed E-state index contributed by atoms with van der Waals surface area (Å²) in [5.41, 5.74) is 3.84. The molecule has 0 heterocycles. The lowest BCUT2D eigenvalue weighted by Gasteiger charge is -2.11. The number of methoxy groups -OCH3 is 1. The molecule has 0 atom stereocenters. The maximum atomic E-state index is 6.14. The second-order valence-electron chi connectivity index (χ2n) is 6.02. The van der Waals surface area contributed by atoms with Crippen molar-refractivity contribution in [2.24, 2.45) is 4.99 Å². The molecule has 3 rings (SSSR count). The van der Waals surface area contributed by atoms with Gasteiger partial charge in [-0.25, -0.2) is 0 Å². The van der Waals surface area contributed by atoms with Gasteiger partial charge in [-0.05, 0) is 66.1 Å². The number of hydrogen-bond donors (Lipinski definition) is 0. The third-order valence-corrected chi connectivity index (χ3v) is 4.95. The second kappa shape index (κ2) is 9.07. The highest BCUT2D eigenvalue weighted by atomic mass is 79.9. The molecule has 0 aliphatic heterocycles. The van der Waals surface area contributed by atoms with Crippen molar-refractivity contribution in [1.82, 2.24) is 0 Å². The molecule has 0 unspecified atom stereocenters. The number of hydrogen-bond acceptors (Lipinski definition) is 3. The first-order valence-corrected chi connectivity index (χ1v) is 9.58. The zero-order valence-corrected chi connectivity index (χ0v) is 17.4. The summed E-state index contributed by atoms with van der Waals surface area (Å²) in [5.74, 6) is 1.36. The van der Waals surface area contributed by atoms with Gasteiger partial charge < -0.3 is 9.47 Å². The van der Waals surface area contributed by atoms with Gasteiger partial charge in [0.1, 0.15) is 6.61 Å². The summed E-state index contributed by atoms with van der Waals surface area (Å²) in [4.78, 5) is 4.48. The molecule has 0 fully saturated rings. The summed E-state index contributed by atoms with van der Waals surface area (Å²) in [6.45, 7) is 2.44. The molecular weight excluding hydrogens is 426 g/mol. The fourth-order valence-corrected chi connectivity index (χ4v) is 2.88. The summed E-state index contributed by atoms with van der Waals surface area (Å²) in [5, 5.41) is 0.707. The molecule has 0 N–H and O–H groups in total. The number of nitrogens with zero attached hydrogens (tertiary/aromatic N) is 1. The summed E-state index contributed by atoms with van der Waals surface area (Å²) in [6, 6.07) is 19.5. The predicted molar refractivity (Wildman–Crippen MR) is 115 cm³/mol. The Labute approximate surface area is 172 Å². The highest BCUT2D eigenvalue weighted by Crippen LogP contribution is 2.29. The Morgan fingerprint density at radius 2 is 1.78 bits per heavy atom. The molecule has 0 saturated heterocycles. The highest BCUT2D eigenvalue weighted by molar-refractivity contribution is 9.10. The van der Waals surface area contributed by atoms with Gasteiger partial charge in [0.2, 0.25) is 0 Å². The quantitative estimate of drug-likeness (QED) is 0.394. The number of aryl methyl sites for hydroxylation is 1. The van der Waals surface area contributed by atoms with Crippen molar-refractivity contribution >= 4 is 39.4 Å². The van der Waals surface area contributed by atoms with Crippen LogP contribution in [0.15, 0.2) is 70.1 Å². The lowest BCUT2D eigenvalue weighted by molar-refractivity contribution is 0.284. The lowest BCUT2D eigenvalue weighted by atomic mass is 10.2. The smallest absolute Gasteiger partial charge is 0.161 e. The summed E-state index contributed by atoms with van der Waals surface area (Å²) < 4.78 is 12.4. The van der Waals surface area contributed by atoms with E-state index in [2.05, 4.69) is 20.9 Å². The molecule has 0 aliphatic carbocycles. The van der Waals surface area contributed by atoms with Gasteiger partial charge in [0, 0.05) is 15.7 Å². The molecule has 0 amide bonds. The van der Waals surface area contributed by atoms with Crippen molar-refractivity contribution in [2.75, 3.05) is 7.11 Å². The van der Waals surface area contributed by atoms with Gasteiger partial charge in [-0.2, -0.15) is 0 Å². The summed E-state index contributed by atoms with van der Waals surface area (Å²) in [6.07, 6.45) is 1.78. The molecule has 138 valence electrons. The van der Waals surface area contributed by atoms with Crippen LogP contribution in [-0.4, -0.2) is 13.3 Å². The lowest BCUT2D eigenvalue weighted by Crippen LogP contribution is -1.98. The van der Waals surface area contributed by atoms with Crippen LogP contribution in [0.5, 0.6) is 11.5 Å². The number of halogens is 2. The van der Waals surface area contributed by atoms with Gasteiger partial charge in [0.15, 0.2) is 11.5 Å². The fourth-order valence-electron chi connectivity index (χ4n) is 2.44. The predicted octanol–water partition coefficient (Wildman–Crippen LogP) is 6.75. The minimum atomic E-state index is 0.471. The van der Waals surface area contributed by atoms with Gasteiger partial charge in [-0.3, -0.25) is 4.99 Å². The van der Waals surface area contributed by atoms with Crippen LogP contribution in [0.2, 0.25) is 5.02 Å². The largest absolute Gasteiger partial charge is 0.493 e. The molecular formula is C22H19BrClNO2. The Kier molecular flexibility index (Phi) is 6.54. The second-order valence-corrected chi connectivity index (χ2v) is 7.34. The van der Waals surface area contributed by atoms with Crippen molar-refractivity contribution in [1.29, 1.82) is 0 Å². The van der Waals surface area contributed by atoms with Crippen LogP contribution in [-0.2, 0) is 6.61 Å². The van der Waals surface area contributed by atoms with Crippen LogP contribution in [0.3, 0.4) is 0 Å². The average molecular weight is 445 g/mol. The molecule has 3 aromatic rings. The fraction of sp³-hybridized carbons (Fsp3) is 0.136. The maximum Gasteiger partial charge on any atom is 0.161 e. The van der Waals surface area contributed by atoms with E-state index in [9.17, 15) is 0 Å². The van der Waals surface area contributed by atoms with E-state index in [1.54, 1.807) is 13.3 Å². The first-order chi connectivity index (χ1) is 13.0. The molecule has 3 nitrogen and oxygen atoms in total. The van der Waals surface area contributed by atoms with Crippen LogP contribution in [0.25, 0.3) is 0 Å². The monoisotopic (exact) mass is 443 g/mol. The Balaban J connectivity index is 1.72. The third-order valence-electron chi connectivity index (χ3n) is 4.01. The minimum absolute atomic E-state index is 0.471. The van der Waals surface area contributed by atoms with E-state index in [4.69, 9.17) is 21.1 Å². The van der Waals surface area contributed by atoms with Crippen LogP contribution >= 0.6 is 27.5 Å². The molecule has 0 aliphatic rings. The number of ether oxygens (including phenoxy) is 2. The van der Waals surface area contributed by atoms with Gasteiger partial charge in [-0.1, -0.05) is 45.7 Å². The first-order valence-electron chi connectivity index (χ1n) is 8.40. The van der Waals surface area contributed by atoms with E-state index in [0.717, 1.165) is 26.9 Å². The molecule has 3 aromatic carbocycles. The highest BCUT2D eigenvalue weighted by Gasteiger charge is 2.06. The molecule has 5 heteroatoms. The zero-order valence-electron chi connectivity index (χ0n) is 15.1. The number of benzene rings is 3. The Hall–Kier alpha value is -2.30. The van der Waals surface area contributed by atoms with E-state index in [-0.39, 0.29) is 0 Å². The molecule has 0 saturated carbocycles. The standard InChI is InChI=1S/C22H19BrClNO2/c1-15-3-9-19(12-20(15)24)25-13-17-6-10-21(22(11-17)26-2)27-14-16-4-7-18(23)8-5-16/h3-13H,14H2,1-2H3. The van der Waals surface area contributed by atoms with E-state index >= 15 is 0 Å². The van der Waals surface area contributed by atoms with Crippen LogP contribution in [0, 0.1) is 6.92 Å². The van der Waals surface area contributed by atoms with Crippen molar-refractivity contribution in [3.05, 3.63) is 86.8 Å². The Bertz CT molecular complexity index is 955. The topological polar surface area (TPSA) is 30.8 Å². The molecule has 0 bridgehead atoms. The SMILES string of the molecule is COc1cc(C=Nc2ccc(C)c(Cl)c2)ccc1OCc1ccc(Br)cc1. The van der Waals surface area contributed by atoms with Crippen molar-refractivity contribution in [3.63, 3.8) is 0 Å². The van der Waals surface area contributed by atoms with Gasteiger partial charge in [0.25, 0.3) is 0 Å². The van der Waals surface area contributed by atoms with E-state index in [1.165, 1.54) is 0 Å². The van der Waals surface area contributed by atoms with E-state index in [0.29, 0.717) is 23.1 Å². The first kappa shape index (κ1) is 19.5. The van der Waals surface area contributed by atoms with Crippen molar-refractivity contribution in [3.8, 4) is 11.5 Å². The molecule has 0 aromatic heterocycles. The van der Waals surface area contributed by atoms with Crippen LogP contribution in [0.1, 0.15) is 16.7 Å². The van der Waals surface area contributed by atoms with Crippen molar-refractivity contribution < 1.29 is 9.47 Å². The number of rotatable bonds is 6. The Morgan fingerprint density at radius 1 is 1.00 bits per heavy atom. The van der Waals surface area contributed by atoms with Crippen LogP contribution < -0.4 is 9.47 Å².